The highest BCUT2D eigenvalue weighted by atomic mass is 16.5. The van der Waals surface area contributed by atoms with Gasteiger partial charge in [0, 0.05) is 12.8 Å². The maximum absolute atomic E-state index is 11.8. The molecule has 0 aromatic carbocycles. The molecule has 214 valence electrons. The van der Waals surface area contributed by atoms with Crippen LogP contribution in [0.5, 0.6) is 0 Å². The molecule has 0 aliphatic carbocycles. The Morgan fingerprint density at radius 2 is 0.694 bits per heavy atom. The molecular weight excluding hydrogens is 448 g/mol. The highest BCUT2D eigenvalue weighted by molar-refractivity contribution is 5.70. The van der Waals surface area contributed by atoms with Crippen LogP contribution in [0.3, 0.4) is 0 Å². The van der Waals surface area contributed by atoms with E-state index in [9.17, 15) is 9.59 Å². The lowest BCUT2D eigenvalue weighted by Crippen LogP contribution is -2.08. The first-order valence-corrected chi connectivity index (χ1v) is 15.7. The second-order valence-corrected chi connectivity index (χ2v) is 11.7. The Morgan fingerprint density at radius 1 is 0.417 bits per heavy atom. The predicted octanol–water partition coefficient (Wildman–Crippen LogP) is 9.97. The topological polar surface area (TPSA) is 52.6 Å². The number of rotatable bonds is 27. The molecule has 0 saturated heterocycles. The van der Waals surface area contributed by atoms with Crippen molar-refractivity contribution in [3.8, 4) is 0 Å². The van der Waals surface area contributed by atoms with E-state index in [0.29, 0.717) is 38.9 Å². The van der Waals surface area contributed by atoms with Gasteiger partial charge < -0.3 is 9.47 Å². The molecule has 0 aliphatic heterocycles. The summed E-state index contributed by atoms with van der Waals surface area (Å²) >= 11 is 0. The Bertz CT molecular complexity index is 443. The van der Waals surface area contributed by atoms with Crippen LogP contribution in [0.15, 0.2) is 0 Å². The van der Waals surface area contributed by atoms with Gasteiger partial charge in [-0.15, -0.1) is 0 Å². The van der Waals surface area contributed by atoms with Crippen LogP contribution >= 0.6 is 0 Å². The molecule has 0 spiro atoms. The normalized spacial score (nSPS) is 11.4. The number of ether oxygens (including phenoxy) is 2. The molecule has 0 saturated carbocycles. The Morgan fingerprint density at radius 3 is 1.00 bits per heavy atom. The zero-order valence-corrected chi connectivity index (χ0v) is 24.8. The van der Waals surface area contributed by atoms with Gasteiger partial charge in [-0.25, -0.2) is 0 Å². The summed E-state index contributed by atoms with van der Waals surface area (Å²) in [7, 11) is 0. The molecular formula is C32H62O4. The van der Waals surface area contributed by atoms with Gasteiger partial charge in [-0.05, 0) is 37.5 Å². The number of carbonyl (C=O) groups excluding carboxylic acids is 2. The summed E-state index contributed by atoms with van der Waals surface area (Å²) in [6.07, 6.45) is 25.0. The number of unbranched alkanes of at least 4 members (excludes halogenated alkanes) is 15. The van der Waals surface area contributed by atoms with Crippen LogP contribution in [-0.4, -0.2) is 25.2 Å². The lowest BCUT2D eigenvalue weighted by molar-refractivity contribution is -0.146. The SMILES string of the molecule is CC(C)CCCCCCCCCCOC(=O)CCCCC(=O)OCCCCCCCCCCC(C)C. The van der Waals surface area contributed by atoms with E-state index in [1.807, 2.05) is 0 Å². The van der Waals surface area contributed by atoms with Gasteiger partial charge in [-0.2, -0.15) is 0 Å². The minimum Gasteiger partial charge on any atom is -0.466 e. The first-order chi connectivity index (χ1) is 17.4. The van der Waals surface area contributed by atoms with E-state index >= 15 is 0 Å². The third-order valence-corrected chi connectivity index (χ3v) is 6.89. The first-order valence-electron chi connectivity index (χ1n) is 15.7. The summed E-state index contributed by atoms with van der Waals surface area (Å²) in [5.74, 6) is 1.40. The second kappa shape index (κ2) is 27.0. The number of hydrogen-bond donors (Lipinski definition) is 0. The maximum Gasteiger partial charge on any atom is 0.305 e. The van der Waals surface area contributed by atoms with Crippen molar-refractivity contribution >= 4 is 11.9 Å². The smallest absolute Gasteiger partial charge is 0.305 e. The van der Waals surface area contributed by atoms with E-state index in [1.165, 1.54) is 89.9 Å². The van der Waals surface area contributed by atoms with Crippen molar-refractivity contribution in [2.75, 3.05) is 13.2 Å². The van der Waals surface area contributed by atoms with Crippen molar-refractivity contribution in [1.29, 1.82) is 0 Å². The summed E-state index contributed by atoms with van der Waals surface area (Å²) < 4.78 is 10.6. The molecule has 4 heteroatoms. The van der Waals surface area contributed by atoms with Gasteiger partial charge >= 0.3 is 11.9 Å². The molecule has 0 aromatic heterocycles. The lowest BCUT2D eigenvalue weighted by atomic mass is 10.0. The molecule has 0 aromatic rings. The van der Waals surface area contributed by atoms with Crippen molar-refractivity contribution in [3.05, 3.63) is 0 Å². The van der Waals surface area contributed by atoms with Gasteiger partial charge in [0.15, 0.2) is 0 Å². The van der Waals surface area contributed by atoms with E-state index in [0.717, 1.165) is 37.5 Å². The van der Waals surface area contributed by atoms with Crippen LogP contribution in [0.25, 0.3) is 0 Å². The molecule has 0 N–H and O–H groups in total. The molecule has 0 radical (unpaired) electrons. The molecule has 0 heterocycles. The molecule has 0 fully saturated rings. The highest BCUT2D eigenvalue weighted by Crippen LogP contribution is 2.14. The van der Waals surface area contributed by atoms with Crippen LogP contribution in [0.1, 0.15) is 169 Å². The molecule has 0 rings (SSSR count). The van der Waals surface area contributed by atoms with E-state index in [-0.39, 0.29) is 11.9 Å². The molecule has 0 atom stereocenters. The molecule has 36 heavy (non-hydrogen) atoms. The molecule has 0 amide bonds. The molecule has 0 bridgehead atoms. The van der Waals surface area contributed by atoms with Crippen LogP contribution in [-0.2, 0) is 19.1 Å². The van der Waals surface area contributed by atoms with Gasteiger partial charge in [-0.3, -0.25) is 9.59 Å². The number of carbonyl (C=O) groups is 2. The fourth-order valence-corrected chi connectivity index (χ4v) is 4.49. The maximum atomic E-state index is 11.8. The second-order valence-electron chi connectivity index (χ2n) is 11.7. The summed E-state index contributed by atoms with van der Waals surface area (Å²) in [5, 5.41) is 0. The van der Waals surface area contributed by atoms with Crippen LogP contribution < -0.4 is 0 Å². The van der Waals surface area contributed by atoms with Crippen LogP contribution in [0.2, 0.25) is 0 Å². The summed E-state index contributed by atoms with van der Waals surface area (Å²) in [5.41, 5.74) is 0. The third kappa shape index (κ3) is 29.2. The average molecular weight is 511 g/mol. The van der Waals surface area contributed by atoms with Crippen molar-refractivity contribution in [1.82, 2.24) is 0 Å². The van der Waals surface area contributed by atoms with E-state index in [1.54, 1.807) is 0 Å². The van der Waals surface area contributed by atoms with E-state index < -0.39 is 0 Å². The summed E-state index contributed by atoms with van der Waals surface area (Å²) in [6, 6.07) is 0. The summed E-state index contributed by atoms with van der Waals surface area (Å²) in [6.45, 7) is 10.3. The quantitative estimate of drug-likeness (QED) is 0.0814. The standard InChI is InChI=1S/C32H62O4/c1-29(2)23-17-13-9-5-7-11-15-21-27-35-31(33)25-19-20-26-32(34)36-28-22-16-12-8-6-10-14-18-24-30(3)4/h29-30H,5-28H2,1-4H3. The van der Waals surface area contributed by atoms with E-state index in [4.69, 9.17) is 9.47 Å². The molecule has 0 aliphatic rings. The van der Waals surface area contributed by atoms with Gasteiger partial charge in [0.25, 0.3) is 0 Å². The first kappa shape index (κ1) is 34.9. The Labute approximate surface area is 225 Å². The zero-order chi connectivity index (χ0) is 26.7. The van der Waals surface area contributed by atoms with E-state index in [2.05, 4.69) is 27.7 Å². The monoisotopic (exact) mass is 510 g/mol. The zero-order valence-electron chi connectivity index (χ0n) is 24.8. The summed E-state index contributed by atoms with van der Waals surface area (Å²) in [4.78, 5) is 23.7. The van der Waals surface area contributed by atoms with Gasteiger partial charge in [0.2, 0.25) is 0 Å². The minimum atomic E-state index is -0.131. The van der Waals surface area contributed by atoms with Crippen molar-refractivity contribution < 1.29 is 19.1 Å². The lowest BCUT2D eigenvalue weighted by Gasteiger charge is -2.07. The van der Waals surface area contributed by atoms with Crippen LogP contribution in [0, 0.1) is 11.8 Å². The average Bonchev–Trinajstić information content (AvgIpc) is 2.83. The Kier molecular flexibility index (Phi) is 26.2. The van der Waals surface area contributed by atoms with Crippen molar-refractivity contribution in [2.24, 2.45) is 11.8 Å². The van der Waals surface area contributed by atoms with Crippen molar-refractivity contribution in [3.63, 3.8) is 0 Å². The fourth-order valence-electron chi connectivity index (χ4n) is 4.49. The highest BCUT2D eigenvalue weighted by Gasteiger charge is 2.06. The Hall–Kier alpha value is -1.06. The predicted molar refractivity (Wildman–Crippen MR) is 153 cm³/mol. The third-order valence-electron chi connectivity index (χ3n) is 6.89. The Balaban J connectivity index is 3.30. The minimum absolute atomic E-state index is 0.131. The van der Waals surface area contributed by atoms with Crippen molar-refractivity contribution in [2.45, 2.75) is 169 Å². The van der Waals surface area contributed by atoms with Gasteiger partial charge in [-0.1, -0.05) is 130 Å². The fraction of sp³-hybridized carbons (Fsp3) is 0.938. The molecule has 0 unspecified atom stereocenters. The van der Waals surface area contributed by atoms with Crippen LogP contribution in [0.4, 0.5) is 0 Å². The van der Waals surface area contributed by atoms with Gasteiger partial charge in [0.1, 0.15) is 0 Å². The molecule has 4 nitrogen and oxygen atoms in total. The number of hydrogen-bond acceptors (Lipinski definition) is 4. The largest absolute Gasteiger partial charge is 0.466 e. The van der Waals surface area contributed by atoms with Gasteiger partial charge in [0.05, 0.1) is 13.2 Å². The number of esters is 2.